The van der Waals surface area contributed by atoms with E-state index < -0.39 is 0 Å². The molecule has 0 heterocycles. The first-order chi connectivity index (χ1) is 12.6. The smallest absolute Gasteiger partial charge is 0.200 e. The van der Waals surface area contributed by atoms with Crippen molar-refractivity contribution >= 4 is 21.7 Å². The Kier molecular flexibility index (Phi) is 6.02. The second-order valence-corrected chi connectivity index (χ2v) is 6.44. The van der Waals surface area contributed by atoms with Crippen LogP contribution in [-0.4, -0.2) is 12.4 Å². The first-order valence-electron chi connectivity index (χ1n) is 7.99. The fourth-order valence-electron chi connectivity index (χ4n) is 2.29. The Bertz CT molecular complexity index is 880. The molecular weight excluding hydrogens is 399 g/mol. The molecule has 0 amide bonds. The molecule has 0 atom stereocenters. The molecule has 5 heteroatoms. The van der Waals surface area contributed by atoms with Crippen molar-refractivity contribution in [2.24, 2.45) is 0 Å². The lowest BCUT2D eigenvalue weighted by atomic mass is 10.1. The molecule has 0 saturated heterocycles. The standard InChI is InChI=1S/C21H16BrFO3/c22-19-11-10-18(25-13-15-4-2-1-3-5-15)12-21(19)26-14-20(24)16-6-8-17(23)9-7-16/h1-12H,13-14H2. The summed E-state index contributed by atoms with van der Waals surface area (Å²) in [7, 11) is 0. The second-order valence-electron chi connectivity index (χ2n) is 5.59. The van der Waals surface area contributed by atoms with E-state index in [0.717, 1.165) is 10.0 Å². The van der Waals surface area contributed by atoms with Gasteiger partial charge in [0.2, 0.25) is 0 Å². The Morgan fingerprint density at radius 2 is 1.65 bits per heavy atom. The number of ether oxygens (including phenoxy) is 2. The zero-order chi connectivity index (χ0) is 18.4. The van der Waals surface area contributed by atoms with Crippen molar-refractivity contribution in [1.29, 1.82) is 0 Å². The molecule has 3 aromatic carbocycles. The normalized spacial score (nSPS) is 10.4. The summed E-state index contributed by atoms with van der Waals surface area (Å²) in [6.07, 6.45) is 0. The molecule has 0 spiro atoms. The highest BCUT2D eigenvalue weighted by Crippen LogP contribution is 2.30. The van der Waals surface area contributed by atoms with Crippen LogP contribution in [0.1, 0.15) is 15.9 Å². The van der Waals surface area contributed by atoms with E-state index in [9.17, 15) is 9.18 Å². The Balaban J connectivity index is 1.62. The van der Waals surface area contributed by atoms with E-state index >= 15 is 0 Å². The van der Waals surface area contributed by atoms with Crippen LogP contribution in [0.3, 0.4) is 0 Å². The highest BCUT2D eigenvalue weighted by molar-refractivity contribution is 9.10. The molecular formula is C21H16BrFO3. The molecule has 0 aromatic heterocycles. The van der Waals surface area contributed by atoms with E-state index in [4.69, 9.17) is 9.47 Å². The number of benzene rings is 3. The first kappa shape index (κ1) is 18.1. The maximum atomic E-state index is 12.9. The van der Waals surface area contributed by atoms with Gasteiger partial charge in [-0.15, -0.1) is 0 Å². The SMILES string of the molecule is O=C(COc1cc(OCc2ccccc2)ccc1Br)c1ccc(F)cc1. The fourth-order valence-corrected chi connectivity index (χ4v) is 2.65. The van der Waals surface area contributed by atoms with Crippen LogP contribution in [0, 0.1) is 5.82 Å². The quantitative estimate of drug-likeness (QED) is 0.483. The van der Waals surface area contributed by atoms with E-state index in [1.807, 2.05) is 36.4 Å². The Morgan fingerprint density at radius 1 is 0.923 bits per heavy atom. The number of Topliss-reactive ketones (excluding diaryl/α,β-unsaturated/α-hetero) is 1. The van der Waals surface area contributed by atoms with Crippen LogP contribution in [-0.2, 0) is 6.61 Å². The van der Waals surface area contributed by atoms with E-state index in [1.54, 1.807) is 12.1 Å². The summed E-state index contributed by atoms with van der Waals surface area (Å²) in [5, 5.41) is 0. The maximum absolute atomic E-state index is 12.9. The summed E-state index contributed by atoms with van der Waals surface area (Å²) in [6.45, 7) is 0.294. The summed E-state index contributed by atoms with van der Waals surface area (Å²) in [4.78, 5) is 12.1. The summed E-state index contributed by atoms with van der Waals surface area (Å²) in [5.74, 6) is 0.535. The van der Waals surface area contributed by atoms with Crippen LogP contribution in [0.2, 0.25) is 0 Å². The van der Waals surface area contributed by atoms with Gasteiger partial charge in [0.25, 0.3) is 0 Å². The van der Waals surface area contributed by atoms with Crippen molar-refractivity contribution < 1.29 is 18.7 Å². The number of hydrogen-bond acceptors (Lipinski definition) is 3. The monoisotopic (exact) mass is 414 g/mol. The molecule has 3 rings (SSSR count). The second kappa shape index (κ2) is 8.63. The number of hydrogen-bond donors (Lipinski definition) is 0. The number of carbonyl (C=O) groups excluding carboxylic acids is 1. The van der Waals surface area contributed by atoms with Gasteiger partial charge in [0, 0.05) is 11.6 Å². The highest BCUT2D eigenvalue weighted by atomic mass is 79.9. The summed E-state index contributed by atoms with van der Waals surface area (Å²) in [6, 6.07) is 20.6. The van der Waals surface area contributed by atoms with Gasteiger partial charge in [0.05, 0.1) is 4.47 Å². The van der Waals surface area contributed by atoms with Crippen molar-refractivity contribution in [3.63, 3.8) is 0 Å². The molecule has 132 valence electrons. The summed E-state index contributed by atoms with van der Waals surface area (Å²) < 4.78 is 25.0. The number of carbonyl (C=O) groups is 1. The lowest BCUT2D eigenvalue weighted by Gasteiger charge is -2.11. The van der Waals surface area contributed by atoms with Gasteiger partial charge >= 0.3 is 0 Å². The zero-order valence-electron chi connectivity index (χ0n) is 13.8. The molecule has 0 bridgehead atoms. The lowest BCUT2D eigenvalue weighted by Crippen LogP contribution is -2.12. The van der Waals surface area contributed by atoms with Gasteiger partial charge < -0.3 is 9.47 Å². The van der Waals surface area contributed by atoms with E-state index in [-0.39, 0.29) is 18.2 Å². The van der Waals surface area contributed by atoms with Crippen LogP contribution >= 0.6 is 15.9 Å². The third-order valence-electron chi connectivity index (χ3n) is 3.68. The maximum Gasteiger partial charge on any atom is 0.200 e. The topological polar surface area (TPSA) is 35.5 Å². The fraction of sp³-hybridized carbons (Fsp3) is 0.0952. The van der Waals surface area contributed by atoms with Gasteiger partial charge in [-0.25, -0.2) is 4.39 Å². The molecule has 0 aliphatic carbocycles. The number of rotatable bonds is 7. The van der Waals surface area contributed by atoms with Gasteiger partial charge in [-0.2, -0.15) is 0 Å². The Morgan fingerprint density at radius 3 is 2.38 bits per heavy atom. The molecule has 0 fully saturated rings. The van der Waals surface area contributed by atoms with Crippen molar-refractivity contribution in [2.75, 3.05) is 6.61 Å². The van der Waals surface area contributed by atoms with Crippen molar-refractivity contribution in [2.45, 2.75) is 6.61 Å². The molecule has 3 nitrogen and oxygen atoms in total. The zero-order valence-corrected chi connectivity index (χ0v) is 15.4. The third-order valence-corrected chi connectivity index (χ3v) is 4.33. The van der Waals surface area contributed by atoms with Crippen molar-refractivity contribution in [3.05, 3.63) is 94.2 Å². The molecule has 0 saturated carbocycles. The van der Waals surface area contributed by atoms with Crippen molar-refractivity contribution in [3.8, 4) is 11.5 Å². The minimum Gasteiger partial charge on any atom is -0.489 e. The van der Waals surface area contributed by atoms with Gasteiger partial charge in [-0.1, -0.05) is 30.3 Å². The average molecular weight is 415 g/mol. The minimum absolute atomic E-state index is 0.146. The van der Waals surface area contributed by atoms with Gasteiger partial charge in [0.1, 0.15) is 23.9 Å². The molecule has 0 radical (unpaired) electrons. The first-order valence-corrected chi connectivity index (χ1v) is 8.79. The minimum atomic E-state index is -0.381. The third kappa shape index (κ3) is 4.92. The average Bonchev–Trinajstić information content (AvgIpc) is 2.67. The number of ketones is 1. The molecule has 0 N–H and O–H groups in total. The van der Waals surface area contributed by atoms with E-state index in [0.29, 0.717) is 23.7 Å². The lowest BCUT2D eigenvalue weighted by molar-refractivity contribution is 0.0920. The van der Waals surface area contributed by atoms with Crippen LogP contribution in [0.15, 0.2) is 77.3 Å². The Labute approximate surface area is 159 Å². The van der Waals surface area contributed by atoms with Crippen LogP contribution in [0.4, 0.5) is 4.39 Å². The van der Waals surface area contributed by atoms with Crippen molar-refractivity contribution in [1.82, 2.24) is 0 Å². The largest absolute Gasteiger partial charge is 0.489 e. The van der Waals surface area contributed by atoms with E-state index in [2.05, 4.69) is 15.9 Å². The molecule has 26 heavy (non-hydrogen) atoms. The predicted octanol–water partition coefficient (Wildman–Crippen LogP) is 5.43. The highest BCUT2D eigenvalue weighted by Gasteiger charge is 2.10. The van der Waals surface area contributed by atoms with Crippen LogP contribution < -0.4 is 9.47 Å². The Hall–Kier alpha value is -2.66. The molecule has 3 aromatic rings. The molecule has 0 aliphatic heterocycles. The summed E-state index contributed by atoms with van der Waals surface area (Å²) in [5.41, 5.74) is 1.46. The van der Waals surface area contributed by atoms with Gasteiger partial charge in [-0.3, -0.25) is 4.79 Å². The number of halogens is 2. The predicted molar refractivity (Wildman–Crippen MR) is 101 cm³/mol. The summed E-state index contributed by atoms with van der Waals surface area (Å²) >= 11 is 3.40. The van der Waals surface area contributed by atoms with Gasteiger partial charge in [0.15, 0.2) is 12.4 Å². The van der Waals surface area contributed by atoms with Crippen LogP contribution in [0.25, 0.3) is 0 Å². The molecule has 0 unspecified atom stereocenters. The van der Waals surface area contributed by atoms with E-state index in [1.165, 1.54) is 24.3 Å². The molecule has 0 aliphatic rings. The van der Waals surface area contributed by atoms with Crippen LogP contribution in [0.5, 0.6) is 11.5 Å². The van der Waals surface area contributed by atoms with Gasteiger partial charge in [-0.05, 0) is 57.9 Å².